The fourth-order valence-electron chi connectivity index (χ4n) is 2.52. The van der Waals surface area contributed by atoms with Crippen molar-refractivity contribution in [3.8, 4) is 6.07 Å². The fourth-order valence-corrected chi connectivity index (χ4v) is 2.52. The molecule has 1 amide bonds. The Morgan fingerprint density at radius 2 is 2.21 bits per heavy atom. The van der Waals surface area contributed by atoms with E-state index in [9.17, 15) is 10.1 Å². The lowest BCUT2D eigenvalue weighted by molar-refractivity contribution is -0.133. The van der Waals surface area contributed by atoms with Gasteiger partial charge in [-0.25, -0.2) is 0 Å². The van der Waals surface area contributed by atoms with Gasteiger partial charge in [-0.15, -0.1) is 0 Å². The summed E-state index contributed by atoms with van der Waals surface area (Å²) in [5.41, 5.74) is 1.86. The quantitative estimate of drug-likeness (QED) is 0.845. The summed E-state index contributed by atoms with van der Waals surface area (Å²) in [6.07, 6.45) is 1.83. The molecule has 2 heterocycles. The van der Waals surface area contributed by atoms with Crippen LogP contribution in [0.25, 0.3) is 10.9 Å². The van der Waals surface area contributed by atoms with Crippen molar-refractivity contribution in [1.82, 2.24) is 15.2 Å². The topological polar surface area (TPSA) is 71.9 Å². The molecule has 0 aliphatic carbocycles. The number of amides is 1. The van der Waals surface area contributed by atoms with Crippen molar-refractivity contribution in [2.24, 2.45) is 0 Å². The van der Waals surface area contributed by atoms with E-state index < -0.39 is 6.04 Å². The smallest absolute Gasteiger partial charge is 0.237 e. The lowest BCUT2D eigenvalue weighted by Gasteiger charge is -2.31. The van der Waals surface area contributed by atoms with Gasteiger partial charge in [0.15, 0.2) is 0 Å². The number of H-pyrrole nitrogens is 1. The van der Waals surface area contributed by atoms with Crippen LogP contribution in [0.15, 0.2) is 30.5 Å². The summed E-state index contributed by atoms with van der Waals surface area (Å²) in [7, 11) is 0. The summed E-state index contributed by atoms with van der Waals surface area (Å²) in [6.45, 7) is 1.60. The number of carbonyl (C=O) groups excluding carboxylic acids is 1. The fraction of sp³-hybridized carbons (Fsp3) is 0.286. The van der Waals surface area contributed by atoms with E-state index in [4.69, 9.17) is 0 Å². The number of nitrogens with one attached hydrogen (secondary N) is 2. The predicted molar refractivity (Wildman–Crippen MR) is 71.2 cm³/mol. The summed E-state index contributed by atoms with van der Waals surface area (Å²) in [5, 5.41) is 13.5. The molecular weight excluding hydrogens is 240 g/mol. The van der Waals surface area contributed by atoms with Gasteiger partial charge in [0.1, 0.15) is 6.04 Å². The maximum atomic E-state index is 11.9. The Morgan fingerprint density at radius 3 is 3.00 bits per heavy atom. The van der Waals surface area contributed by atoms with Crippen LogP contribution in [-0.4, -0.2) is 35.4 Å². The second-order valence-corrected chi connectivity index (χ2v) is 4.59. The van der Waals surface area contributed by atoms with Gasteiger partial charge in [-0.1, -0.05) is 18.2 Å². The molecule has 1 aliphatic heterocycles. The molecule has 19 heavy (non-hydrogen) atoms. The van der Waals surface area contributed by atoms with Crippen molar-refractivity contribution < 1.29 is 4.79 Å². The average Bonchev–Trinajstić information content (AvgIpc) is 2.86. The van der Waals surface area contributed by atoms with Crippen LogP contribution in [0.2, 0.25) is 0 Å². The second kappa shape index (κ2) is 4.75. The molecule has 2 aromatic rings. The number of aromatic nitrogens is 1. The maximum absolute atomic E-state index is 11.9. The molecule has 1 fully saturated rings. The Labute approximate surface area is 110 Å². The van der Waals surface area contributed by atoms with Gasteiger partial charge in [0.25, 0.3) is 0 Å². The first-order chi connectivity index (χ1) is 9.31. The molecule has 5 nitrogen and oxygen atoms in total. The number of aromatic amines is 1. The van der Waals surface area contributed by atoms with Crippen molar-refractivity contribution in [3.05, 3.63) is 36.0 Å². The molecule has 1 aromatic carbocycles. The molecule has 1 unspecified atom stereocenters. The minimum absolute atomic E-state index is 0.0249. The highest BCUT2D eigenvalue weighted by atomic mass is 16.2. The summed E-state index contributed by atoms with van der Waals surface area (Å²) < 4.78 is 0. The first-order valence-corrected chi connectivity index (χ1v) is 6.27. The third-order valence-electron chi connectivity index (χ3n) is 3.48. The van der Waals surface area contributed by atoms with Crippen LogP contribution in [0, 0.1) is 11.3 Å². The van der Waals surface area contributed by atoms with Gasteiger partial charge in [0.2, 0.25) is 5.91 Å². The second-order valence-electron chi connectivity index (χ2n) is 4.59. The Balaban J connectivity index is 2.03. The normalized spacial score (nSPS) is 17.4. The highest BCUT2D eigenvalue weighted by molar-refractivity contribution is 5.86. The van der Waals surface area contributed by atoms with Gasteiger partial charge >= 0.3 is 0 Å². The molecule has 0 bridgehead atoms. The van der Waals surface area contributed by atoms with Crippen LogP contribution in [0.5, 0.6) is 0 Å². The van der Waals surface area contributed by atoms with Gasteiger partial charge in [-0.2, -0.15) is 5.26 Å². The molecule has 1 saturated heterocycles. The van der Waals surface area contributed by atoms with E-state index in [1.54, 1.807) is 4.90 Å². The Hall–Kier alpha value is -2.32. The van der Waals surface area contributed by atoms with E-state index in [2.05, 4.69) is 16.4 Å². The molecule has 1 aromatic heterocycles. The Kier molecular flexibility index (Phi) is 2.94. The van der Waals surface area contributed by atoms with Crippen molar-refractivity contribution in [3.63, 3.8) is 0 Å². The number of piperazine rings is 1. The van der Waals surface area contributed by atoms with Crippen molar-refractivity contribution in [1.29, 1.82) is 5.26 Å². The zero-order chi connectivity index (χ0) is 13.2. The number of benzene rings is 1. The minimum atomic E-state index is -0.522. The molecular formula is C14H14N4O. The summed E-state index contributed by atoms with van der Waals surface area (Å²) in [5.74, 6) is -0.0249. The zero-order valence-electron chi connectivity index (χ0n) is 10.4. The Bertz CT molecular complexity index is 655. The largest absolute Gasteiger partial charge is 0.361 e. The van der Waals surface area contributed by atoms with Gasteiger partial charge in [-0.3, -0.25) is 4.79 Å². The van der Waals surface area contributed by atoms with Gasteiger partial charge in [0.05, 0.1) is 12.6 Å². The van der Waals surface area contributed by atoms with Crippen LogP contribution in [0.4, 0.5) is 0 Å². The SMILES string of the molecule is N#CC(c1c[nH]c2ccccc12)N1CCNCC1=O. The van der Waals surface area contributed by atoms with Crippen molar-refractivity contribution in [2.45, 2.75) is 6.04 Å². The molecule has 96 valence electrons. The molecule has 1 atom stereocenters. The van der Waals surface area contributed by atoms with Crippen LogP contribution in [-0.2, 0) is 4.79 Å². The third-order valence-corrected chi connectivity index (χ3v) is 3.48. The van der Waals surface area contributed by atoms with E-state index >= 15 is 0 Å². The van der Waals surface area contributed by atoms with Crippen LogP contribution >= 0.6 is 0 Å². The number of nitriles is 1. The van der Waals surface area contributed by atoms with Crippen molar-refractivity contribution in [2.75, 3.05) is 19.6 Å². The minimum Gasteiger partial charge on any atom is -0.361 e. The van der Waals surface area contributed by atoms with E-state index in [0.717, 1.165) is 23.0 Å². The lowest BCUT2D eigenvalue weighted by Crippen LogP contribution is -2.49. The van der Waals surface area contributed by atoms with E-state index in [1.165, 1.54) is 0 Å². The number of para-hydroxylation sites is 1. The Morgan fingerprint density at radius 1 is 1.37 bits per heavy atom. The first kappa shape index (κ1) is 11.8. The molecule has 1 aliphatic rings. The molecule has 2 N–H and O–H groups in total. The molecule has 5 heteroatoms. The zero-order valence-corrected chi connectivity index (χ0v) is 10.4. The monoisotopic (exact) mass is 254 g/mol. The molecule has 0 radical (unpaired) electrons. The highest BCUT2D eigenvalue weighted by Gasteiger charge is 2.28. The number of hydrogen-bond donors (Lipinski definition) is 2. The highest BCUT2D eigenvalue weighted by Crippen LogP contribution is 2.28. The summed E-state index contributed by atoms with van der Waals surface area (Å²) >= 11 is 0. The van der Waals surface area contributed by atoms with Crippen LogP contribution < -0.4 is 5.32 Å². The predicted octanol–water partition coefficient (Wildman–Crippen LogP) is 1.16. The third kappa shape index (κ3) is 1.96. The van der Waals surface area contributed by atoms with Gasteiger partial charge < -0.3 is 15.2 Å². The number of hydrogen-bond acceptors (Lipinski definition) is 3. The number of carbonyl (C=O) groups is 1. The van der Waals surface area contributed by atoms with Crippen molar-refractivity contribution >= 4 is 16.8 Å². The van der Waals surface area contributed by atoms with E-state index in [0.29, 0.717) is 13.1 Å². The van der Waals surface area contributed by atoms with Crippen LogP contribution in [0.3, 0.4) is 0 Å². The van der Waals surface area contributed by atoms with E-state index in [1.807, 2.05) is 30.5 Å². The van der Waals surface area contributed by atoms with Gasteiger partial charge in [0, 0.05) is 35.8 Å². The first-order valence-electron chi connectivity index (χ1n) is 6.27. The van der Waals surface area contributed by atoms with Gasteiger partial charge in [-0.05, 0) is 6.07 Å². The average molecular weight is 254 g/mol. The number of nitrogens with zero attached hydrogens (tertiary/aromatic N) is 2. The lowest BCUT2D eigenvalue weighted by atomic mass is 10.0. The standard InChI is InChI=1S/C14H14N4O/c15-7-13(18-6-5-16-9-14(18)19)11-8-17-12-4-2-1-3-10(11)12/h1-4,8,13,16-17H,5-6,9H2. The van der Waals surface area contributed by atoms with E-state index in [-0.39, 0.29) is 5.91 Å². The summed E-state index contributed by atoms with van der Waals surface area (Å²) in [6, 6.07) is 9.55. The molecule has 3 rings (SSSR count). The number of rotatable bonds is 2. The molecule has 0 saturated carbocycles. The van der Waals surface area contributed by atoms with Crippen LogP contribution in [0.1, 0.15) is 11.6 Å². The summed E-state index contributed by atoms with van der Waals surface area (Å²) in [4.78, 5) is 16.7. The maximum Gasteiger partial charge on any atom is 0.237 e. The number of fused-ring (bicyclic) bond motifs is 1. The molecule has 0 spiro atoms.